The van der Waals surface area contributed by atoms with Crippen molar-refractivity contribution in [3.63, 3.8) is 0 Å². The van der Waals surface area contributed by atoms with Gasteiger partial charge in [-0.15, -0.1) is 12.4 Å². The Kier molecular flexibility index (Phi) is 7.24. The number of halogens is 1. The van der Waals surface area contributed by atoms with Crippen molar-refractivity contribution in [2.45, 2.75) is 40.3 Å². The average molecular weight is 354 g/mol. The number of amides is 2. The lowest BCUT2D eigenvalue weighted by molar-refractivity contribution is -0.128. The van der Waals surface area contributed by atoms with Crippen LogP contribution >= 0.6 is 12.4 Å². The average Bonchev–Trinajstić information content (AvgIpc) is 2.52. The monoisotopic (exact) mass is 353 g/mol. The van der Waals surface area contributed by atoms with E-state index in [4.69, 9.17) is 0 Å². The highest BCUT2D eigenvalue weighted by atomic mass is 35.5. The first-order valence-electron chi connectivity index (χ1n) is 8.18. The first-order chi connectivity index (χ1) is 10.8. The Bertz CT molecular complexity index is 567. The number of hydrogen-bond donors (Lipinski definition) is 2. The Hall–Kier alpha value is -1.59. The van der Waals surface area contributed by atoms with Gasteiger partial charge in [0.2, 0.25) is 5.91 Å². The molecule has 1 aromatic rings. The van der Waals surface area contributed by atoms with Crippen LogP contribution in [0.4, 0.5) is 0 Å². The van der Waals surface area contributed by atoms with Crippen LogP contribution in [-0.2, 0) is 11.3 Å². The molecular formula is C18H28ClN3O2. The van der Waals surface area contributed by atoms with Crippen LogP contribution in [0, 0.1) is 5.41 Å². The second-order valence-corrected chi connectivity index (χ2v) is 7.18. The predicted molar refractivity (Wildman–Crippen MR) is 98.4 cm³/mol. The third-order valence-corrected chi connectivity index (χ3v) is 4.10. The molecule has 2 rings (SSSR count). The summed E-state index contributed by atoms with van der Waals surface area (Å²) in [5, 5.41) is 6.20. The van der Waals surface area contributed by atoms with Crippen LogP contribution in [0.5, 0.6) is 0 Å². The van der Waals surface area contributed by atoms with Crippen molar-refractivity contribution in [2.24, 2.45) is 5.41 Å². The topological polar surface area (TPSA) is 61.4 Å². The van der Waals surface area contributed by atoms with Gasteiger partial charge in [-0.1, -0.05) is 32.9 Å². The molecule has 2 amide bonds. The van der Waals surface area contributed by atoms with Crippen molar-refractivity contribution < 1.29 is 9.59 Å². The van der Waals surface area contributed by atoms with Crippen LogP contribution in [-0.4, -0.2) is 42.4 Å². The zero-order chi connectivity index (χ0) is 17.0. The van der Waals surface area contributed by atoms with E-state index in [1.807, 2.05) is 49.9 Å². The van der Waals surface area contributed by atoms with Crippen molar-refractivity contribution in [1.82, 2.24) is 15.5 Å². The summed E-state index contributed by atoms with van der Waals surface area (Å²) >= 11 is 0. The van der Waals surface area contributed by atoms with Crippen molar-refractivity contribution in [3.8, 4) is 0 Å². The van der Waals surface area contributed by atoms with Crippen LogP contribution in [0.2, 0.25) is 0 Å². The zero-order valence-electron chi connectivity index (χ0n) is 14.9. The fourth-order valence-electron chi connectivity index (χ4n) is 2.52. The van der Waals surface area contributed by atoms with Crippen molar-refractivity contribution in [3.05, 3.63) is 35.4 Å². The first kappa shape index (κ1) is 20.5. The largest absolute Gasteiger partial charge is 0.352 e. The molecule has 1 saturated heterocycles. The molecular weight excluding hydrogens is 326 g/mol. The first-order valence-corrected chi connectivity index (χ1v) is 8.18. The Morgan fingerprint density at radius 3 is 2.42 bits per heavy atom. The van der Waals surface area contributed by atoms with E-state index in [9.17, 15) is 9.59 Å². The van der Waals surface area contributed by atoms with E-state index in [2.05, 4.69) is 17.6 Å². The molecule has 1 aliphatic rings. The van der Waals surface area contributed by atoms with E-state index in [0.717, 1.165) is 25.2 Å². The van der Waals surface area contributed by atoms with Gasteiger partial charge in [0.05, 0.1) is 0 Å². The maximum Gasteiger partial charge on any atom is 0.254 e. The quantitative estimate of drug-likeness (QED) is 0.875. The lowest BCUT2D eigenvalue weighted by Gasteiger charge is -2.34. The molecule has 0 bridgehead atoms. The molecule has 5 nitrogen and oxygen atoms in total. The third-order valence-electron chi connectivity index (χ3n) is 4.10. The number of nitrogens with zero attached hydrogens (tertiary/aromatic N) is 1. The Balaban J connectivity index is 0.00000288. The number of rotatable bonds is 3. The summed E-state index contributed by atoms with van der Waals surface area (Å²) in [5.74, 6) is 0.0940. The summed E-state index contributed by atoms with van der Waals surface area (Å²) < 4.78 is 0. The van der Waals surface area contributed by atoms with Gasteiger partial charge < -0.3 is 15.5 Å². The molecule has 1 aromatic carbocycles. The van der Waals surface area contributed by atoms with Gasteiger partial charge in [-0.05, 0) is 24.6 Å². The number of benzene rings is 1. The molecule has 134 valence electrons. The normalized spacial score (nSPS) is 17.8. The fourth-order valence-corrected chi connectivity index (χ4v) is 2.52. The SMILES string of the molecule is C[C@H]1CNCCN1C(=O)c1ccc(CNC(=O)C(C)(C)C)cc1.Cl. The Labute approximate surface area is 150 Å². The number of hydrogen-bond acceptors (Lipinski definition) is 3. The van der Waals surface area contributed by atoms with Crippen molar-refractivity contribution in [1.29, 1.82) is 0 Å². The van der Waals surface area contributed by atoms with E-state index < -0.39 is 5.41 Å². The van der Waals surface area contributed by atoms with Gasteiger partial charge in [0, 0.05) is 43.2 Å². The molecule has 0 radical (unpaired) electrons. The molecule has 0 aliphatic carbocycles. The molecule has 24 heavy (non-hydrogen) atoms. The van der Waals surface area contributed by atoms with Crippen LogP contribution in [0.15, 0.2) is 24.3 Å². The summed E-state index contributed by atoms with van der Waals surface area (Å²) in [6.07, 6.45) is 0. The van der Waals surface area contributed by atoms with E-state index in [1.165, 1.54) is 0 Å². The molecule has 1 fully saturated rings. The summed E-state index contributed by atoms with van der Waals surface area (Å²) in [5.41, 5.74) is 1.30. The second kappa shape index (κ2) is 8.49. The summed E-state index contributed by atoms with van der Waals surface area (Å²) in [6, 6.07) is 7.71. The smallest absolute Gasteiger partial charge is 0.254 e. The maximum absolute atomic E-state index is 12.5. The molecule has 2 N–H and O–H groups in total. The van der Waals surface area contributed by atoms with Crippen LogP contribution in [0.25, 0.3) is 0 Å². The van der Waals surface area contributed by atoms with E-state index >= 15 is 0 Å². The highest BCUT2D eigenvalue weighted by molar-refractivity contribution is 5.94. The van der Waals surface area contributed by atoms with E-state index in [-0.39, 0.29) is 30.3 Å². The molecule has 6 heteroatoms. The molecule has 1 aliphatic heterocycles. The third kappa shape index (κ3) is 5.21. The van der Waals surface area contributed by atoms with Gasteiger partial charge in [0.15, 0.2) is 0 Å². The van der Waals surface area contributed by atoms with E-state index in [0.29, 0.717) is 12.1 Å². The minimum atomic E-state index is -0.395. The maximum atomic E-state index is 12.5. The van der Waals surface area contributed by atoms with Crippen LogP contribution < -0.4 is 10.6 Å². The van der Waals surface area contributed by atoms with Crippen LogP contribution in [0.3, 0.4) is 0 Å². The minimum Gasteiger partial charge on any atom is -0.352 e. The van der Waals surface area contributed by atoms with Crippen molar-refractivity contribution >= 4 is 24.2 Å². The Morgan fingerprint density at radius 1 is 1.25 bits per heavy atom. The van der Waals surface area contributed by atoms with Gasteiger partial charge >= 0.3 is 0 Å². The fraction of sp³-hybridized carbons (Fsp3) is 0.556. The van der Waals surface area contributed by atoms with Gasteiger partial charge in [-0.25, -0.2) is 0 Å². The summed E-state index contributed by atoms with van der Waals surface area (Å²) in [4.78, 5) is 26.3. The molecule has 1 heterocycles. The van der Waals surface area contributed by atoms with Gasteiger partial charge in [-0.3, -0.25) is 9.59 Å². The van der Waals surface area contributed by atoms with Gasteiger partial charge in [-0.2, -0.15) is 0 Å². The molecule has 0 spiro atoms. The predicted octanol–water partition coefficient (Wildman–Crippen LogP) is 2.20. The van der Waals surface area contributed by atoms with Crippen LogP contribution in [0.1, 0.15) is 43.6 Å². The summed E-state index contributed by atoms with van der Waals surface area (Å²) in [7, 11) is 0. The second-order valence-electron chi connectivity index (χ2n) is 7.18. The van der Waals surface area contributed by atoms with Gasteiger partial charge in [0.25, 0.3) is 5.91 Å². The zero-order valence-corrected chi connectivity index (χ0v) is 15.7. The van der Waals surface area contributed by atoms with Crippen molar-refractivity contribution in [2.75, 3.05) is 19.6 Å². The number of carbonyl (C=O) groups excluding carboxylic acids is 2. The highest BCUT2D eigenvalue weighted by Crippen LogP contribution is 2.14. The summed E-state index contributed by atoms with van der Waals surface area (Å²) in [6.45, 7) is 10.6. The number of nitrogens with one attached hydrogen (secondary N) is 2. The molecule has 1 atom stereocenters. The lowest BCUT2D eigenvalue weighted by atomic mass is 9.95. The van der Waals surface area contributed by atoms with Gasteiger partial charge in [0.1, 0.15) is 0 Å². The van der Waals surface area contributed by atoms with E-state index in [1.54, 1.807) is 0 Å². The molecule has 0 aromatic heterocycles. The lowest BCUT2D eigenvalue weighted by Crippen LogP contribution is -2.52. The standard InChI is InChI=1S/C18H27N3O2.ClH/c1-13-11-19-9-10-21(13)16(22)15-7-5-14(6-8-15)12-20-17(23)18(2,3)4;/h5-8,13,19H,9-12H2,1-4H3,(H,20,23);1H/t13-;/m0./s1. The number of piperazine rings is 1. The molecule has 0 unspecified atom stereocenters. The Morgan fingerprint density at radius 2 is 1.88 bits per heavy atom. The number of carbonyl (C=O) groups is 2. The molecule has 0 saturated carbocycles. The minimum absolute atomic E-state index is 0. The highest BCUT2D eigenvalue weighted by Gasteiger charge is 2.24.